The van der Waals surface area contributed by atoms with Crippen LogP contribution in [0.1, 0.15) is 18.2 Å². The number of rotatable bonds is 4. The van der Waals surface area contributed by atoms with Crippen molar-refractivity contribution in [2.45, 2.75) is 25.2 Å². The van der Waals surface area contributed by atoms with E-state index >= 15 is 0 Å². The highest BCUT2D eigenvalue weighted by molar-refractivity contribution is 9.10. The first-order valence-electron chi connectivity index (χ1n) is 6.00. The van der Waals surface area contributed by atoms with Crippen molar-refractivity contribution in [2.75, 3.05) is 0 Å². The summed E-state index contributed by atoms with van der Waals surface area (Å²) in [4.78, 5) is 15.8. The van der Waals surface area contributed by atoms with Crippen LogP contribution in [0.25, 0.3) is 10.6 Å². The lowest BCUT2D eigenvalue weighted by molar-refractivity contribution is -0.120. The first-order valence-corrected chi connectivity index (χ1v) is 7.79. The second-order valence-electron chi connectivity index (χ2n) is 4.29. The molecule has 0 bridgehead atoms. The third-order valence-corrected chi connectivity index (χ3v) is 4.07. The first kappa shape index (κ1) is 14.2. The van der Waals surface area contributed by atoms with Gasteiger partial charge in [-0.25, -0.2) is 4.98 Å². The Morgan fingerprint density at radius 1 is 1.47 bits per heavy atom. The van der Waals surface area contributed by atoms with Gasteiger partial charge < -0.3 is 5.32 Å². The molecule has 0 fully saturated rings. The Kier molecular flexibility index (Phi) is 4.71. The van der Waals surface area contributed by atoms with Crippen molar-refractivity contribution in [3.63, 3.8) is 0 Å². The zero-order valence-corrected chi connectivity index (χ0v) is 13.2. The van der Waals surface area contributed by atoms with Crippen molar-refractivity contribution in [3.05, 3.63) is 40.9 Å². The highest BCUT2D eigenvalue weighted by Crippen LogP contribution is 2.26. The molecule has 1 aromatic heterocycles. The Morgan fingerprint density at radius 3 is 2.89 bits per heavy atom. The monoisotopic (exact) mass is 338 g/mol. The van der Waals surface area contributed by atoms with Gasteiger partial charge in [0.25, 0.3) is 0 Å². The van der Waals surface area contributed by atoms with Gasteiger partial charge in [0, 0.05) is 10.9 Å². The molecule has 5 heteroatoms. The van der Waals surface area contributed by atoms with Crippen LogP contribution in [-0.2, 0) is 11.3 Å². The molecule has 1 atom stereocenters. The number of nitrogens with zero attached hydrogens (tertiary/aromatic N) is 1. The van der Waals surface area contributed by atoms with Crippen molar-refractivity contribution in [3.8, 4) is 10.6 Å². The molecule has 0 spiro atoms. The predicted octanol–water partition coefficient (Wildman–Crippen LogP) is 3.52. The summed E-state index contributed by atoms with van der Waals surface area (Å²) in [6.07, 6.45) is 0. The smallest absolute Gasteiger partial charge is 0.233 e. The molecule has 1 unspecified atom stereocenters. The number of carbonyl (C=O) groups excluding carboxylic acids is 1. The largest absolute Gasteiger partial charge is 0.349 e. The highest BCUT2D eigenvalue weighted by Gasteiger charge is 2.10. The topological polar surface area (TPSA) is 42.0 Å². The number of carbonyl (C=O) groups is 1. The maximum absolute atomic E-state index is 11.5. The normalized spacial score (nSPS) is 12.2. The first-order chi connectivity index (χ1) is 9.08. The summed E-state index contributed by atoms with van der Waals surface area (Å²) >= 11 is 4.84. The molecule has 100 valence electrons. The summed E-state index contributed by atoms with van der Waals surface area (Å²) in [7, 11) is 0. The van der Waals surface area contributed by atoms with Crippen molar-refractivity contribution in [1.82, 2.24) is 10.3 Å². The third-order valence-electron chi connectivity index (χ3n) is 2.73. The van der Waals surface area contributed by atoms with Gasteiger partial charge >= 0.3 is 0 Å². The zero-order valence-electron chi connectivity index (χ0n) is 10.8. The molecule has 1 heterocycles. The van der Waals surface area contributed by atoms with Gasteiger partial charge in [0.2, 0.25) is 5.91 Å². The van der Waals surface area contributed by atoms with Gasteiger partial charge in [-0.3, -0.25) is 4.79 Å². The zero-order chi connectivity index (χ0) is 13.8. The number of hydrogen-bond acceptors (Lipinski definition) is 3. The van der Waals surface area contributed by atoms with Crippen molar-refractivity contribution in [2.24, 2.45) is 0 Å². The molecule has 0 aliphatic heterocycles. The summed E-state index contributed by atoms with van der Waals surface area (Å²) in [5.74, 6) is -0.0227. The van der Waals surface area contributed by atoms with E-state index < -0.39 is 0 Å². The summed E-state index contributed by atoms with van der Waals surface area (Å²) in [5.41, 5.74) is 3.25. The molecule has 0 aliphatic rings. The van der Waals surface area contributed by atoms with Gasteiger partial charge in [-0.05, 0) is 19.4 Å². The number of benzene rings is 1. The lowest BCUT2D eigenvalue weighted by Crippen LogP contribution is -2.28. The molecular weight excluding hydrogens is 324 g/mol. The second-order valence-corrected chi connectivity index (χ2v) is 6.52. The Bertz CT molecular complexity index is 580. The summed E-state index contributed by atoms with van der Waals surface area (Å²) in [6.45, 7) is 4.34. The van der Waals surface area contributed by atoms with Crippen LogP contribution in [0, 0.1) is 6.92 Å². The SMILES string of the molecule is Cc1ccccc1-c1nc(CNC(=O)C(C)Br)cs1. The van der Waals surface area contributed by atoms with Crippen molar-refractivity contribution >= 4 is 33.2 Å². The number of halogens is 1. The van der Waals surface area contributed by atoms with Gasteiger partial charge in [0.1, 0.15) is 5.01 Å². The number of thiazole rings is 1. The molecule has 3 nitrogen and oxygen atoms in total. The van der Waals surface area contributed by atoms with Crippen LogP contribution in [-0.4, -0.2) is 15.7 Å². The number of hydrogen-bond donors (Lipinski definition) is 1. The molecule has 1 aromatic carbocycles. The van der Waals surface area contributed by atoms with Crippen LogP contribution in [0.15, 0.2) is 29.6 Å². The molecule has 1 amide bonds. The highest BCUT2D eigenvalue weighted by atomic mass is 79.9. The van der Waals surface area contributed by atoms with Crippen LogP contribution >= 0.6 is 27.3 Å². The average Bonchev–Trinajstić information content (AvgIpc) is 2.85. The van der Waals surface area contributed by atoms with E-state index in [1.165, 1.54) is 5.56 Å². The minimum atomic E-state index is -0.179. The minimum absolute atomic E-state index is 0.0227. The molecule has 19 heavy (non-hydrogen) atoms. The maximum Gasteiger partial charge on any atom is 0.233 e. The summed E-state index contributed by atoms with van der Waals surface area (Å²) in [6, 6.07) is 8.17. The fourth-order valence-corrected chi connectivity index (χ4v) is 2.71. The maximum atomic E-state index is 11.5. The summed E-state index contributed by atoms with van der Waals surface area (Å²) < 4.78 is 0. The number of aryl methyl sites for hydroxylation is 1. The van der Waals surface area contributed by atoms with E-state index in [9.17, 15) is 4.79 Å². The van der Waals surface area contributed by atoms with E-state index in [4.69, 9.17) is 0 Å². The van der Waals surface area contributed by atoms with Gasteiger partial charge in [-0.1, -0.05) is 40.2 Å². The average molecular weight is 339 g/mol. The number of alkyl halides is 1. The molecule has 0 saturated heterocycles. The van der Waals surface area contributed by atoms with Gasteiger partial charge in [0.05, 0.1) is 17.1 Å². The second kappa shape index (κ2) is 6.30. The number of nitrogens with one attached hydrogen (secondary N) is 1. The summed E-state index contributed by atoms with van der Waals surface area (Å²) in [5, 5.41) is 5.82. The lowest BCUT2D eigenvalue weighted by Gasteiger charge is -2.04. The van der Waals surface area contributed by atoms with Crippen LogP contribution in [0.3, 0.4) is 0 Å². The van der Waals surface area contributed by atoms with Gasteiger partial charge in [-0.15, -0.1) is 11.3 Å². The van der Waals surface area contributed by atoms with E-state index in [0.29, 0.717) is 6.54 Å². The van der Waals surface area contributed by atoms with Crippen LogP contribution < -0.4 is 5.32 Å². The van der Waals surface area contributed by atoms with Crippen LogP contribution in [0.4, 0.5) is 0 Å². The van der Waals surface area contributed by atoms with Gasteiger partial charge in [0.15, 0.2) is 0 Å². The van der Waals surface area contributed by atoms with Crippen molar-refractivity contribution in [1.29, 1.82) is 0 Å². The molecule has 0 radical (unpaired) electrons. The number of amides is 1. The Balaban J connectivity index is 2.08. The Hall–Kier alpha value is -1.20. The van der Waals surface area contributed by atoms with Gasteiger partial charge in [-0.2, -0.15) is 0 Å². The molecule has 2 rings (SSSR count). The lowest BCUT2D eigenvalue weighted by atomic mass is 10.1. The quantitative estimate of drug-likeness (QED) is 0.866. The molecule has 1 N–H and O–H groups in total. The van der Waals surface area contributed by atoms with E-state index in [0.717, 1.165) is 16.3 Å². The van der Waals surface area contributed by atoms with E-state index in [1.54, 1.807) is 18.3 Å². The number of aromatic nitrogens is 1. The van der Waals surface area contributed by atoms with E-state index in [1.807, 2.05) is 17.5 Å². The minimum Gasteiger partial charge on any atom is -0.349 e. The Morgan fingerprint density at radius 2 is 2.21 bits per heavy atom. The molecule has 2 aromatic rings. The molecule has 0 aliphatic carbocycles. The Labute approximate surface area is 125 Å². The fraction of sp³-hybridized carbons (Fsp3) is 0.286. The van der Waals surface area contributed by atoms with E-state index in [2.05, 4.69) is 45.3 Å². The predicted molar refractivity (Wildman–Crippen MR) is 82.5 cm³/mol. The van der Waals surface area contributed by atoms with Crippen LogP contribution in [0.5, 0.6) is 0 Å². The van der Waals surface area contributed by atoms with Crippen molar-refractivity contribution < 1.29 is 4.79 Å². The molecular formula is C14H15BrN2OS. The third kappa shape index (κ3) is 3.64. The molecule has 0 saturated carbocycles. The van der Waals surface area contributed by atoms with Crippen LogP contribution in [0.2, 0.25) is 0 Å². The standard InChI is InChI=1S/C14H15BrN2OS/c1-9-5-3-4-6-12(9)14-17-11(8-19-14)7-16-13(18)10(2)15/h3-6,8,10H,7H2,1-2H3,(H,16,18). The van der Waals surface area contributed by atoms with E-state index in [-0.39, 0.29) is 10.7 Å². The fourth-order valence-electron chi connectivity index (χ4n) is 1.64.